The van der Waals surface area contributed by atoms with Crippen molar-refractivity contribution in [1.82, 2.24) is 0 Å². The molecule has 0 saturated heterocycles. The van der Waals surface area contributed by atoms with Crippen LogP contribution >= 0.6 is 0 Å². The molecular weight excluding hydrogens is 492 g/mol. The van der Waals surface area contributed by atoms with Crippen LogP contribution in [-0.4, -0.2) is 18.4 Å². The lowest BCUT2D eigenvalue weighted by atomic mass is 10.0. The van der Waals surface area contributed by atoms with Crippen molar-refractivity contribution in [2.75, 3.05) is 0 Å². The molecule has 0 aromatic heterocycles. The maximum atomic E-state index is 12.1. The summed E-state index contributed by atoms with van der Waals surface area (Å²) in [5, 5.41) is 0. The van der Waals surface area contributed by atoms with Crippen molar-refractivity contribution >= 4 is 12.3 Å². The molecule has 0 amide bonds. The summed E-state index contributed by atoms with van der Waals surface area (Å²) in [5.74, 6) is -0.220. The fourth-order valence-corrected chi connectivity index (χ4v) is 5.70. The van der Waals surface area contributed by atoms with Gasteiger partial charge in [0.25, 0.3) is 0 Å². The number of esters is 1. The van der Waals surface area contributed by atoms with E-state index < -0.39 is 6.10 Å². The van der Waals surface area contributed by atoms with Crippen LogP contribution in [0.25, 0.3) is 0 Å². The molecule has 0 aromatic rings. The van der Waals surface area contributed by atoms with E-state index in [2.05, 4.69) is 13.8 Å². The van der Waals surface area contributed by atoms with Crippen molar-refractivity contribution in [1.29, 1.82) is 0 Å². The van der Waals surface area contributed by atoms with Gasteiger partial charge in [0.2, 0.25) is 6.29 Å². The van der Waals surface area contributed by atoms with E-state index in [0.717, 1.165) is 25.7 Å². The Morgan fingerprint density at radius 1 is 0.450 bits per heavy atom. The predicted molar refractivity (Wildman–Crippen MR) is 175 cm³/mol. The van der Waals surface area contributed by atoms with Crippen molar-refractivity contribution < 1.29 is 14.3 Å². The Morgan fingerprint density at radius 3 is 1.02 bits per heavy atom. The van der Waals surface area contributed by atoms with Crippen LogP contribution in [0, 0.1) is 0 Å². The van der Waals surface area contributed by atoms with Crippen molar-refractivity contribution in [2.45, 2.75) is 225 Å². The fourth-order valence-electron chi connectivity index (χ4n) is 5.70. The SMILES string of the molecule is CCCCCCCCCCCCCCCCCCCCCCC(=O)OC([C]=O)CCCCCCCCCCCC. The van der Waals surface area contributed by atoms with Crippen LogP contribution in [0.4, 0.5) is 0 Å². The third-order valence-corrected chi connectivity index (χ3v) is 8.46. The molecular formula is C37H71O3. The first-order valence-corrected chi connectivity index (χ1v) is 18.3. The summed E-state index contributed by atoms with van der Waals surface area (Å²) in [4.78, 5) is 23.3. The Balaban J connectivity index is 3.35. The molecule has 1 atom stereocenters. The van der Waals surface area contributed by atoms with E-state index >= 15 is 0 Å². The maximum absolute atomic E-state index is 12.1. The average Bonchev–Trinajstić information content (AvgIpc) is 2.96. The zero-order valence-corrected chi connectivity index (χ0v) is 27.4. The zero-order chi connectivity index (χ0) is 29.2. The standard InChI is InChI=1S/C37H71O3/c1-3-5-7-9-11-13-15-16-17-18-19-20-21-22-23-24-26-28-30-32-34-37(39)40-36(35-38)33-31-29-27-25-14-12-10-8-6-4-2/h36H,3-34H2,1-2H3. The molecule has 1 radical (unpaired) electrons. The van der Waals surface area contributed by atoms with E-state index in [1.807, 2.05) is 6.29 Å². The highest BCUT2D eigenvalue weighted by Gasteiger charge is 2.14. The number of carbonyl (C=O) groups excluding carboxylic acids is 2. The van der Waals surface area contributed by atoms with Crippen LogP contribution in [-0.2, 0) is 14.3 Å². The third kappa shape index (κ3) is 31.7. The van der Waals surface area contributed by atoms with Gasteiger partial charge in [-0.2, -0.15) is 0 Å². The van der Waals surface area contributed by atoms with Crippen LogP contribution in [0.15, 0.2) is 0 Å². The van der Waals surface area contributed by atoms with E-state index in [1.54, 1.807) is 0 Å². The maximum Gasteiger partial charge on any atom is 0.306 e. The van der Waals surface area contributed by atoms with Crippen LogP contribution in [0.5, 0.6) is 0 Å². The highest BCUT2D eigenvalue weighted by atomic mass is 16.5. The van der Waals surface area contributed by atoms with Gasteiger partial charge >= 0.3 is 5.97 Å². The summed E-state index contributed by atoms with van der Waals surface area (Å²) in [6.45, 7) is 4.54. The van der Waals surface area contributed by atoms with E-state index in [1.165, 1.54) is 167 Å². The van der Waals surface area contributed by atoms with Gasteiger partial charge in [0, 0.05) is 6.42 Å². The Hall–Kier alpha value is -0.860. The number of hydrogen-bond acceptors (Lipinski definition) is 3. The van der Waals surface area contributed by atoms with Gasteiger partial charge in [0.15, 0.2) is 6.10 Å². The van der Waals surface area contributed by atoms with Crippen molar-refractivity contribution in [3.05, 3.63) is 0 Å². The fraction of sp³-hybridized carbons (Fsp3) is 0.946. The largest absolute Gasteiger partial charge is 0.454 e. The Morgan fingerprint density at radius 2 is 0.725 bits per heavy atom. The molecule has 0 aromatic carbocycles. The number of unbranched alkanes of at least 4 members (excludes halogenated alkanes) is 28. The second kappa shape index (κ2) is 34.3. The molecule has 1 unspecified atom stereocenters. The van der Waals surface area contributed by atoms with Crippen LogP contribution in [0.2, 0.25) is 0 Å². The lowest BCUT2D eigenvalue weighted by Gasteiger charge is -2.11. The Kier molecular flexibility index (Phi) is 33.6. The summed E-state index contributed by atoms with van der Waals surface area (Å²) in [5.41, 5.74) is 0. The molecule has 0 fully saturated rings. The van der Waals surface area contributed by atoms with Crippen molar-refractivity contribution in [3.8, 4) is 0 Å². The van der Waals surface area contributed by atoms with Gasteiger partial charge in [-0.25, -0.2) is 0 Å². The normalized spacial score (nSPS) is 12.1. The predicted octanol–water partition coefficient (Wildman–Crippen LogP) is 12.5. The van der Waals surface area contributed by atoms with Gasteiger partial charge in [-0.15, -0.1) is 0 Å². The molecule has 3 heteroatoms. The third-order valence-electron chi connectivity index (χ3n) is 8.46. The van der Waals surface area contributed by atoms with Crippen molar-refractivity contribution in [3.63, 3.8) is 0 Å². The molecule has 0 aliphatic heterocycles. The summed E-state index contributed by atoms with van der Waals surface area (Å²) in [6, 6.07) is 0. The molecule has 0 aliphatic carbocycles. The lowest BCUT2D eigenvalue weighted by Crippen LogP contribution is -2.19. The number of carbonyl (C=O) groups is 1. The molecule has 0 bridgehead atoms. The van der Waals surface area contributed by atoms with Gasteiger partial charge in [-0.1, -0.05) is 194 Å². The topological polar surface area (TPSA) is 43.4 Å². The zero-order valence-electron chi connectivity index (χ0n) is 27.4. The Labute approximate surface area is 251 Å². The lowest BCUT2D eigenvalue weighted by molar-refractivity contribution is -0.146. The first-order valence-electron chi connectivity index (χ1n) is 18.3. The molecule has 0 saturated carbocycles. The van der Waals surface area contributed by atoms with Gasteiger partial charge in [0.1, 0.15) is 0 Å². The molecule has 0 rings (SSSR count). The van der Waals surface area contributed by atoms with Crippen LogP contribution in [0.3, 0.4) is 0 Å². The molecule has 237 valence electrons. The van der Waals surface area contributed by atoms with Crippen molar-refractivity contribution in [2.24, 2.45) is 0 Å². The van der Waals surface area contributed by atoms with Gasteiger partial charge in [-0.05, 0) is 19.3 Å². The molecule has 0 heterocycles. The number of hydrogen-bond donors (Lipinski definition) is 0. The summed E-state index contributed by atoms with van der Waals surface area (Å²) in [6.07, 6.45) is 42.0. The molecule has 40 heavy (non-hydrogen) atoms. The summed E-state index contributed by atoms with van der Waals surface area (Å²) < 4.78 is 5.36. The minimum absolute atomic E-state index is 0.220. The van der Waals surface area contributed by atoms with Crippen LogP contribution < -0.4 is 0 Å². The molecule has 0 N–H and O–H groups in total. The number of ether oxygens (including phenoxy) is 1. The Bertz CT molecular complexity index is 504. The van der Waals surface area contributed by atoms with E-state index in [9.17, 15) is 9.59 Å². The minimum atomic E-state index is -0.661. The highest BCUT2D eigenvalue weighted by Crippen LogP contribution is 2.16. The van der Waals surface area contributed by atoms with E-state index in [0.29, 0.717) is 12.8 Å². The average molecular weight is 564 g/mol. The number of rotatable bonds is 34. The van der Waals surface area contributed by atoms with E-state index in [-0.39, 0.29) is 5.97 Å². The summed E-state index contributed by atoms with van der Waals surface area (Å²) >= 11 is 0. The van der Waals surface area contributed by atoms with Gasteiger partial charge < -0.3 is 4.74 Å². The summed E-state index contributed by atoms with van der Waals surface area (Å²) in [7, 11) is 0. The minimum Gasteiger partial charge on any atom is -0.454 e. The van der Waals surface area contributed by atoms with E-state index in [4.69, 9.17) is 4.74 Å². The smallest absolute Gasteiger partial charge is 0.306 e. The molecule has 3 nitrogen and oxygen atoms in total. The monoisotopic (exact) mass is 564 g/mol. The second-order valence-corrected chi connectivity index (χ2v) is 12.5. The highest BCUT2D eigenvalue weighted by molar-refractivity contribution is 5.72. The molecule has 0 spiro atoms. The van der Waals surface area contributed by atoms with Gasteiger partial charge in [-0.3, -0.25) is 9.59 Å². The first-order chi connectivity index (χ1) is 19.7. The second-order valence-electron chi connectivity index (χ2n) is 12.5. The van der Waals surface area contributed by atoms with Crippen LogP contribution in [0.1, 0.15) is 219 Å². The molecule has 0 aliphatic rings. The first kappa shape index (κ1) is 39.1. The quantitative estimate of drug-likeness (QED) is 0.0577. The van der Waals surface area contributed by atoms with Gasteiger partial charge in [0.05, 0.1) is 0 Å².